The summed E-state index contributed by atoms with van der Waals surface area (Å²) in [5.74, 6) is -0.769. The number of nitrogens with one attached hydrogen (secondary N) is 1. The topological polar surface area (TPSA) is 87.6 Å². The summed E-state index contributed by atoms with van der Waals surface area (Å²) < 4.78 is 5.18. The van der Waals surface area contributed by atoms with Gasteiger partial charge in [-0.05, 0) is 6.07 Å². The van der Waals surface area contributed by atoms with E-state index in [-0.39, 0.29) is 5.69 Å². The lowest BCUT2D eigenvalue weighted by molar-refractivity contribution is 0.0492. The molecule has 1 fully saturated rings. The third-order valence-corrected chi connectivity index (χ3v) is 2.14. The summed E-state index contributed by atoms with van der Waals surface area (Å²) in [5.41, 5.74) is 2.92. The fraction of sp³-hybridized carbons (Fsp3) is 0.444. The molecule has 1 aromatic rings. The van der Waals surface area contributed by atoms with E-state index in [4.69, 9.17) is 9.84 Å². The van der Waals surface area contributed by atoms with Crippen LogP contribution in [-0.4, -0.2) is 52.4 Å². The highest BCUT2D eigenvalue weighted by Crippen LogP contribution is 2.03. The Kier molecular flexibility index (Phi) is 3.28. The van der Waals surface area contributed by atoms with Gasteiger partial charge in [0, 0.05) is 19.3 Å². The summed E-state index contributed by atoms with van der Waals surface area (Å²) in [6.45, 7) is 2.73. The first kappa shape index (κ1) is 10.8. The van der Waals surface area contributed by atoms with Gasteiger partial charge in [-0.15, -0.1) is 0 Å². The molecule has 0 unspecified atom stereocenters. The van der Waals surface area contributed by atoms with Crippen LogP contribution in [0.1, 0.15) is 10.5 Å². The smallest absolute Gasteiger partial charge is 0.354 e. The lowest BCUT2D eigenvalue weighted by Crippen LogP contribution is -2.40. The number of carboxylic acids is 1. The summed E-state index contributed by atoms with van der Waals surface area (Å²) in [4.78, 5) is 18.5. The molecule has 0 spiro atoms. The molecule has 0 saturated carbocycles. The van der Waals surface area contributed by atoms with Crippen molar-refractivity contribution in [3.05, 3.63) is 18.0 Å². The average Bonchev–Trinajstić information content (AvgIpc) is 2.30. The van der Waals surface area contributed by atoms with E-state index >= 15 is 0 Å². The van der Waals surface area contributed by atoms with E-state index in [2.05, 4.69) is 15.4 Å². The molecular weight excluding hydrogens is 212 g/mol. The molecule has 2 N–H and O–H groups in total. The molecule has 1 saturated heterocycles. The van der Waals surface area contributed by atoms with Crippen molar-refractivity contribution in [2.24, 2.45) is 0 Å². The molecule has 2 heterocycles. The summed E-state index contributed by atoms with van der Waals surface area (Å²) in [6, 6.07) is 1.35. The van der Waals surface area contributed by atoms with Gasteiger partial charge in [0.15, 0.2) is 5.69 Å². The lowest BCUT2D eigenvalue weighted by atomic mass is 10.4. The Morgan fingerprint density at radius 2 is 2.25 bits per heavy atom. The van der Waals surface area contributed by atoms with Crippen LogP contribution in [0, 0.1) is 0 Å². The van der Waals surface area contributed by atoms with Gasteiger partial charge in [0.25, 0.3) is 0 Å². The van der Waals surface area contributed by atoms with Crippen LogP contribution in [0.3, 0.4) is 0 Å². The van der Waals surface area contributed by atoms with Crippen molar-refractivity contribution in [1.82, 2.24) is 15.0 Å². The van der Waals surface area contributed by atoms with Gasteiger partial charge in [-0.2, -0.15) is 0 Å². The van der Waals surface area contributed by atoms with Crippen molar-refractivity contribution in [2.75, 3.05) is 31.7 Å². The fourth-order valence-electron chi connectivity index (χ4n) is 1.35. The molecule has 0 aliphatic carbocycles. The minimum Gasteiger partial charge on any atom is -0.477 e. The van der Waals surface area contributed by atoms with Crippen molar-refractivity contribution >= 4 is 11.9 Å². The number of morpholine rings is 1. The quantitative estimate of drug-likeness (QED) is 0.737. The van der Waals surface area contributed by atoms with Crippen LogP contribution < -0.4 is 5.43 Å². The van der Waals surface area contributed by atoms with Gasteiger partial charge in [0.1, 0.15) is 0 Å². The number of anilines is 1. The Labute approximate surface area is 92.0 Å². The maximum atomic E-state index is 10.7. The predicted molar refractivity (Wildman–Crippen MR) is 55.0 cm³/mol. The molecule has 0 aromatic carbocycles. The van der Waals surface area contributed by atoms with E-state index in [0.717, 1.165) is 13.1 Å². The second-order valence-corrected chi connectivity index (χ2v) is 3.28. The summed E-state index contributed by atoms with van der Waals surface area (Å²) in [5, 5.41) is 10.7. The first-order valence-corrected chi connectivity index (χ1v) is 4.91. The van der Waals surface area contributed by atoms with Crippen LogP contribution in [-0.2, 0) is 4.74 Å². The Morgan fingerprint density at radius 1 is 1.50 bits per heavy atom. The van der Waals surface area contributed by atoms with Gasteiger partial charge >= 0.3 is 5.97 Å². The highest BCUT2D eigenvalue weighted by atomic mass is 16.5. The molecule has 2 rings (SSSR count). The highest BCUT2D eigenvalue weighted by molar-refractivity contribution is 5.85. The standard InChI is InChI=1S/C9H12N4O3/c14-8(15)7-1-2-10-9(11-7)12-13-3-5-16-6-4-13/h1-2H,3-6H2,(H,14,15)(H,10,11,12). The SMILES string of the molecule is O=C(O)c1ccnc(NN2CCOCC2)n1. The molecule has 0 amide bonds. The number of aromatic nitrogens is 2. The van der Waals surface area contributed by atoms with Crippen molar-refractivity contribution in [3.8, 4) is 0 Å². The number of hydrogen-bond acceptors (Lipinski definition) is 6. The highest BCUT2D eigenvalue weighted by Gasteiger charge is 2.12. The van der Waals surface area contributed by atoms with Crippen molar-refractivity contribution in [1.29, 1.82) is 0 Å². The van der Waals surface area contributed by atoms with E-state index in [1.807, 2.05) is 5.01 Å². The number of aromatic carboxylic acids is 1. The van der Waals surface area contributed by atoms with Crippen LogP contribution in [0.4, 0.5) is 5.95 Å². The third kappa shape index (κ3) is 2.65. The molecule has 1 aliphatic rings. The zero-order valence-electron chi connectivity index (χ0n) is 8.59. The molecular formula is C9H12N4O3. The largest absolute Gasteiger partial charge is 0.477 e. The fourth-order valence-corrected chi connectivity index (χ4v) is 1.35. The van der Waals surface area contributed by atoms with E-state index in [9.17, 15) is 4.79 Å². The summed E-state index contributed by atoms with van der Waals surface area (Å²) >= 11 is 0. The second kappa shape index (κ2) is 4.86. The van der Waals surface area contributed by atoms with Gasteiger partial charge in [0.05, 0.1) is 13.2 Å². The summed E-state index contributed by atoms with van der Waals surface area (Å²) in [7, 11) is 0. The Bertz CT molecular complexity index is 379. The van der Waals surface area contributed by atoms with Crippen LogP contribution in [0.5, 0.6) is 0 Å². The molecule has 7 heteroatoms. The first-order valence-electron chi connectivity index (χ1n) is 4.91. The predicted octanol–water partition coefficient (Wildman–Crippen LogP) is -0.166. The Hall–Kier alpha value is -1.73. The van der Waals surface area contributed by atoms with E-state index in [1.165, 1.54) is 12.3 Å². The molecule has 16 heavy (non-hydrogen) atoms. The number of nitrogens with zero attached hydrogens (tertiary/aromatic N) is 3. The number of ether oxygens (including phenoxy) is 1. The van der Waals surface area contributed by atoms with Gasteiger partial charge in [-0.3, -0.25) is 5.43 Å². The molecule has 0 bridgehead atoms. The average molecular weight is 224 g/mol. The zero-order chi connectivity index (χ0) is 11.4. The monoisotopic (exact) mass is 224 g/mol. The lowest BCUT2D eigenvalue weighted by Gasteiger charge is -2.26. The Balaban J connectivity index is 2.02. The van der Waals surface area contributed by atoms with Crippen LogP contribution in [0.2, 0.25) is 0 Å². The van der Waals surface area contributed by atoms with Gasteiger partial charge in [-0.25, -0.2) is 19.8 Å². The maximum absolute atomic E-state index is 10.7. The van der Waals surface area contributed by atoms with Crippen LogP contribution in [0.25, 0.3) is 0 Å². The van der Waals surface area contributed by atoms with Crippen molar-refractivity contribution in [2.45, 2.75) is 0 Å². The van der Waals surface area contributed by atoms with Gasteiger partial charge in [0.2, 0.25) is 5.95 Å². The van der Waals surface area contributed by atoms with E-state index in [1.54, 1.807) is 0 Å². The second-order valence-electron chi connectivity index (χ2n) is 3.28. The van der Waals surface area contributed by atoms with Crippen molar-refractivity contribution in [3.63, 3.8) is 0 Å². The molecule has 1 aliphatic heterocycles. The van der Waals surface area contributed by atoms with Gasteiger partial charge < -0.3 is 9.84 Å². The van der Waals surface area contributed by atoms with E-state index < -0.39 is 5.97 Å². The number of rotatable bonds is 3. The minimum atomic E-state index is -1.06. The number of hydrazine groups is 1. The molecule has 0 atom stereocenters. The maximum Gasteiger partial charge on any atom is 0.354 e. The zero-order valence-corrected chi connectivity index (χ0v) is 8.59. The Morgan fingerprint density at radius 3 is 2.94 bits per heavy atom. The minimum absolute atomic E-state index is 0.0224. The van der Waals surface area contributed by atoms with E-state index in [0.29, 0.717) is 19.2 Å². The molecule has 1 aromatic heterocycles. The number of hydrogen-bond donors (Lipinski definition) is 2. The first-order chi connectivity index (χ1) is 7.75. The van der Waals surface area contributed by atoms with Gasteiger partial charge in [-0.1, -0.05) is 0 Å². The van der Waals surface area contributed by atoms with Crippen molar-refractivity contribution < 1.29 is 14.6 Å². The third-order valence-electron chi connectivity index (χ3n) is 2.14. The molecule has 7 nitrogen and oxygen atoms in total. The van der Waals surface area contributed by atoms with Crippen LogP contribution in [0.15, 0.2) is 12.3 Å². The van der Waals surface area contributed by atoms with Crippen LogP contribution >= 0.6 is 0 Å². The molecule has 86 valence electrons. The number of carboxylic acid groups (broad SMARTS) is 1. The number of carbonyl (C=O) groups is 1. The molecule has 0 radical (unpaired) electrons. The normalized spacial score (nSPS) is 17.0. The summed E-state index contributed by atoms with van der Waals surface area (Å²) in [6.07, 6.45) is 1.42.